The third kappa shape index (κ3) is 5.14. The molecule has 0 spiro atoms. The number of carbonyl (C=O) groups is 2. The molecule has 1 heterocycles. The molecule has 0 saturated heterocycles. The van der Waals surface area contributed by atoms with Gasteiger partial charge in [-0.05, 0) is 67.5 Å². The Morgan fingerprint density at radius 2 is 1.78 bits per heavy atom. The number of aryl methyl sites for hydroxylation is 1. The Bertz CT molecular complexity index is 983. The minimum atomic E-state index is -0.642. The largest absolute Gasteiger partial charge is 0.507 e. The molecule has 172 valence electrons. The molecule has 2 aromatic carbocycles. The Balaban J connectivity index is 1.84. The first-order valence-corrected chi connectivity index (χ1v) is 11.8. The summed E-state index contributed by atoms with van der Waals surface area (Å²) in [5, 5.41) is 13.3. The molecule has 0 aliphatic carbocycles. The lowest BCUT2D eigenvalue weighted by Crippen LogP contribution is -2.45. The molecule has 2 aromatic rings. The van der Waals surface area contributed by atoms with Gasteiger partial charge in [-0.1, -0.05) is 56.9 Å². The standard InChI is InChI=1S/C27H36N2O3/c1-5-6-7-8-9-14-24(30)29-16-15-21-12-10-11-13-22(21)25(29)27(32)28-23-17-18(2)26(31)20(4)19(23)3/h10-13,17,25,31H,5-9,14-16H2,1-4H3,(H,28,32). The third-order valence-corrected chi connectivity index (χ3v) is 6.66. The normalized spacial score (nSPS) is 15.4. The van der Waals surface area contributed by atoms with Gasteiger partial charge in [-0.25, -0.2) is 0 Å². The molecule has 0 bridgehead atoms. The number of carbonyl (C=O) groups excluding carboxylic acids is 2. The molecule has 1 aliphatic rings. The molecular weight excluding hydrogens is 400 g/mol. The zero-order valence-electron chi connectivity index (χ0n) is 19.8. The summed E-state index contributed by atoms with van der Waals surface area (Å²) in [6.07, 6.45) is 6.67. The van der Waals surface area contributed by atoms with Gasteiger partial charge in [0.1, 0.15) is 11.8 Å². The van der Waals surface area contributed by atoms with Crippen LogP contribution < -0.4 is 5.32 Å². The molecule has 5 heteroatoms. The first kappa shape index (κ1) is 23.8. The van der Waals surface area contributed by atoms with Crippen molar-refractivity contribution in [1.29, 1.82) is 0 Å². The summed E-state index contributed by atoms with van der Waals surface area (Å²) in [6, 6.07) is 9.07. The monoisotopic (exact) mass is 436 g/mol. The second-order valence-corrected chi connectivity index (χ2v) is 8.93. The number of unbranched alkanes of at least 4 members (excludes halogenated alkanes) is 4. The highest BCUT2D eigenvalue weighted by Crippen LogP contribution is 2.34. The van der Waals surface area contributed by atoms with Crippen LogP contribution in [0.5, 0.6) is 5.75 Å². The Hall–Kier alpha value is -2.82. The van der Waals surface area contributed by atoms with E-state index >= 15 is 0 Å². The fourth-order valence-electron chi connectivity index (χ4n) is 4.54. The molecule has 2 amide bonds. The van der Waals surface area contributed by atoms with E-state index in [0.29, 0.717) is 24.2 Å². The first-order chi connectivity index (χ1) is 15.3. The number of nitrogens with one attached hydrogen (secondary N) is 1. The number of aromatic hydroxyl groups is 1. The highest BCUT2D eigenvalue weighted by atomic mass is 16.3. The number of rotatable bonds is 8. The van der Waals surface area contributed by atoms with Crippen LogP contribution in [-0.2, 0) is 16.0 Å². The van der Waals surface area contributed by atoms with Crippen LogP contribution in [0, 0.1) is 20.8 Å². The number of benzene rings is 2. The minimum absolute atomic E-state index is 0.0472. The number of phenols is 1. The van der Waals surface area contributed by atoms with Gasteiger partial charge < -0.3 is 15.3 Å². The second kappa shape index (κ2) is 10.7. The van der Waals surface area contributed by atoms with Crippen LogP contribution in [0.1, 0.15) is 79.3 Å². The zero-order valence-corrected chi connectivity index (χ0v) is 19.8. The van der Waals surface area contributed by atoms with Crippen molar-refractivity contribution in [3.63, 3.8) is 0 Å². The maximum Gasteiger partial charge on any atom is 0.251 e. The molecule has 0 saturated carbocycles. The van der Waals surface area contributed by atoms with E-state index in [1.807, 2.05) is 45.0 Å². The summed E-state index contributed by atoms with van der Waals surface area (Å²) in [6.45, 7) is 8.28. The van der Waals surface area contributed by atoms with Crippen molar-refractivity contribution in [1.82, 2.24) is 4.90 Å². The summed E-state index contributed by atoms with van der Waals surface area (Å²) in [5.41, 5.74) is 5.00. The van der Waals surface area contributed by atoms with Gasteiger partial charge in [0.2, 0.25) is 5.91 Å². The Kier molecular flexibility index (Phi) is 7.94. The van der Waals surface area contributed by atoms with Crippen molar-refractivity contribution in [2.45, 2.75) is 78.7 Å². The van der Waals surface area contributed by atoms with Gasteiger partial charge in [-0.3, -0.25) is 9.59 Å². The van der Waals surface area contributed by atoms with Crippen LogP contribution in [0.25, 0.3) is 0 Å². The topological polar surface area (TPSA) is 69.6 Å². The van der Waals surface area contributed by atoms with E-state index in [4.69, 9.17) is 0 Å². The third-order valence-electron chi connectivity index (χ3n) is 6.66. The number of nitrogens with zero attached hydrogens (tertiary/aromatic N) is 1. The SMILES string of the molecule is CCCCCCCC(=O)N1CCc2ccccc2C1C(=O)Nc1cc(C)c(O)c(C)c1C. The predicted molar refractivity (Wildman–Crippen MR) is 129 cm³/mol. The Morgan fingerprint density at radius 1 is 1.06 bits per heavy atom. The van der Waals surface area contributed by atoms with E-state index < -0.39 is 6.04 Å². The van der Waals surface area contributed by atoms with E-state index in [2.05, 4.69) is 12.2 Å². The molecule has 0 aromatic heterocycles. The van der Waals surface area contributed by atoms with Gasteiger partial charge in [0.05, 0.1) is 0 Å². The molecule has 5 nitrogen and oxygen atoms in total. The lowest BCUT2D eigenvalue weighted by Gasteiger charge is -2.36. The van der Waals surface area contributed by atoms with E-state index in [1.54, 1.807) is 11.0 Å². The van der Waals surface area contributed by atoms with Crippen molar-refractivity contribution in [2.75, 3.05) is 11.9 Å². The smallest absolute Gasteiger partial charge is 0.251 e. The van der Waals surface area contributed by atoms with Crippen molar-refractivity contribution >= 4 is 17.5 Å². The van der Waals surface area contributed by atoms with Crippen molar-refractivity contribution in [3.8, 4) is 5.75 Å². The lowest BCUT2D eigenvalue weighted by molar-refractivity contribution is -0.139. The quantitative estimate of drug-likeness (QED) is 0.409. The summed E-state index contributed by atoms with van der Waals surface area (Å²) in [5.74, 6) is 0.0957. The average molecular weight is 437 g/mol. The van der Waals surface area contributed by atoms with Crippen molar-refractivity contribution < 1.29 is 14.7 Å². The number of hydrogen-bond donors (Lipinski definition) is 2. The maximum atomic E-state index is 13.6. The molecule has 1 atom stereocenters. The molecule has 3 rings (SSSR count). The Labute approximate surface area is 191 Å². The van der Waals surface area contributed by atoms with Crippen LogP contribution in [0.3, 0.4) is 0 Å². The number of hydrogen-bond acceptors (Lipinski definition) is 3. The molecule has 1 unspecified atom stereocenters. The van der Waals surface area contributed by atoms with Crippen LogP contribution in [0.4, 0.5) is 5.69 Å². The fraction of sp³-hybridized carbons (Fsp3) is 0.481. The number of anilines is 1. The summed E-state index contributed by atoms with van der Waals surface area (Å²) < 4.78 is 0. The van der Waals surface area contributed by atoms with Gasteiger partial charge in [0.15, 0.2) is 0 Å². The lowest BCUT2D eigenvalue weighted by atomic mass is 9.91. The van der Waals surface area contributed by atoms with E-state index in [1.165, 1.54) is 12.8 Å². The Morgan fingerprint density at radius 3 is 2.53 bits per heavy atom. The molecule has 1 aliphatic heterocycles. The molecular formula is C27H36N2O3. The second-order valence-electron chi connectivity index (χ2n) is 8.93. The van der Waals surface area contributed by atoms with Crippen LogP contribution in [0.15, 0.2) is 30.3 Å². The fourth-order valence-corrected chi connectivity index (χ4v) is 4.54. The van der Waals surface area contributed by atoms with Crippen molar-refractivity contribution in [3.05, 3.63) is 58.1 Å². The van der Waals surface area contributed by atoms with E-state index in [0.717, 1.165) is 47.9 Å². The number of phenolic OH excluding ortho intramolecular Hbond substituents is 1. The zero-order chi connectivity index (χ0) is 23.3. The van der Waals surface area contributed by atoms with Gasteiger partial charge in [0.25, 0.3) is 5.91 Å². The maximum absolute atomic E-state index is 13.6. The summed E-state index contributed by atoms with van der Waals surface area (Å²) in [4.78, 5) is 28.4. The van der Waals surface area contributed by atoms with Crippen LogP contribution in [-0.4, -0.2) is 28.4 Å². The van der Waals surface area contributed by atoms with Gasteiger partial charge in [-0.2, -0.15) is 0 Å². The predicted octanol–water partition coefficient (Wildman–Crippen LogP) is 5.74. The number of fused-ring (bicyclic) bond motifs is 1. The first-order valence-electron chi connectivity index (χ1n) is 11.8. The van der Waals surface area contributed by atoms with E-state index in [-0.39, 0.29) is 17.6 Å². The van der Waals surface area contributed by atoms with Gasteiger partial charge in [-0.15, -0.1) is 0 Å². The van der Waals surface area contributed by atoms with Crippen LogP contribution in [0.2, 0.25) is 0 Å². The molecule has 2 N–H and O–H groups in total. The molecule has 0 radical (unpaired) electrons. The van der Waals surface area contributed by atoms with Gasteiger partial charge in [0, 0.05) is 18.7 Å². The highest BCUT2D eigenvalue weighted by Gasteiger charge is 2.35. The summed E-state index contributed by atoms with van der Waals surface area (Å²) >= 11 is 0. The highest BCUT2D eigenvalue weighted by molar-refractivity contribution is 5.99. The molecule has 0 fully saturated rings. The van der Waals surface area contributed by atoms with E-state index in [9.17, 15) is 14.7 Å². The summed E-state index contributed by atoms with van der Waals surface area (Å²) in [7, 11) is 0. The van der Waals surface area contributed by atoms with Gasteiger partial charge >= 0.3 is 0 Å². The van der Waals surface area contributed by atoms with Crippen LogP contribution >= 0.6 is 0 Å². The van der Waals surface area contributed by atoms with Crippen molar-refractivity contribution in [2.24, 2.45) is 0 Å². The minimum Gasteiger partial charge on any atom is -0.507 e. The average Bonchev–Trinajstić information content (AvgIpc) is 2.80. The molecule has 32 heavy (non-hydrogen) atoms. The number of amides is 2.